The molecule has 3 aromatic rings. The third kappa shape index (κ3) is 4.93. The zero-order valence-electron chi connectivity index (χ0n) is 16.8. The molecule has 1 aliphatic heterocycles. The Morgan fingerprint density at radius 2 is 1.80 bits per heavy atom. The lowest BCUT2D eigenvalue weighted by Crippen LogP contribution is -2.38. The highest BCUT2D eigenvalue weighted by Crippen LogP contribution is 2.22. The Morgan fingerprint density at radius 1 is 1.07 bits per heavy atom. The molecule has 6 nitrogen and oxygen atoms in total. The fraction of sp³-hybridized carbons (Fsp3) is 0.304. The van der Waals surface area contributed by atoms with Gasteiger partial charge in [0.2, 0.25) is 0 Å². The number of aromatic nitrogens is 2. The van der Waals surface area contributed by atoms with Gasteiger partial charge < -0.3 is 10.1 Å². The van der Waals surface area contributed by atoms with Gasteiger partial charge in [-0.3, -0.25) is 9.69 Å². The normalized spacial score (nSPS) is 14.6. The van der Waals surface area contributed by atoms with E-state index in [9.17, 15) is 9.18 Å². The second-order valence-corrected chi connectivity index (χ2v) is 7.23. The first-order valence-electron chi connectivity index (χ1n) is 10.2. The number of halogens is 1. The van der Waals surface area contributed by atoms with E-state index in [4.69, 9.17) is 4.74 Å². The van der Waals surface area contributed by atoms with Gasteiger partial charge in [0.05, 0.1) is 24.6 Å². The number of nitrogens with zero attached hydrogens (tertiary/aromatic N) is 3. The van der Waals surface area contributed by atoms with Crippen molar-refractivity contribution in [2.45, 2.75) is 6.42 Å². The van der Waals surface area contributed by atoms with Crippen LogP contribution >= 0.6 is 0 Å². The van der Waals surface area contributed by atoms with E-state index in [-0.39, 0.29) is 11.7 Å². The van der Waals surface area contributed by atoms with Crippen molar-refractivity contribution in [1.82, 2.24) is 20.0 Å². The first kappa shape index (κ1) is 20.3. The van der Waals surface area contributed by atoms with Crippen LogP contribution in [-0.4, -0.2) is 60.0 Å². The minimum atomic E-state index is -0.306. The Bertz CT molecular complexity index is 967. The fourth-order valence-electron chi connectivity index (χ4n) is 3.49. The van der Waals surface area contributed by atoms with Crippen LogP contribution in [0.3, 0.4) is 0 Å². The minimum absolute atomic E-state index is 0.179. The summed E-state index contributed by atoms with van der Waals surface area (Å²) in [5.41, 5.74) is 2.63. The average molecular weight is 408 g/mol. The number of para-hydroxylation sites is 1. The van der Waals surface area contributed by atoms with Crippen molar-refractivity contribution >= 4 is 5.91 Å². The van der Waals surface area contributed by atoms with E-state index in [2.05, 4.69) is 15.3 Å². The van der Waals surface area contributed by atoms with Crippen LogP contribution in [0.2, 0.25) is 0 Å². The molecule has 1 N–H and O–H groups in total. The number of hydrogen-bond donors (Lipinski definition) is 1. The lowest BCUT2D eigenvalue weighted by atomic mass is 10.1. The van der Waals surface area contributed by atoms with Crippen LogP contribution in [0.4, 0.5) is 4.39 Å². The van der Waals surface area contributed by atoms with Crippen LogP contribution in [-0.2, 0) is 4.74 Å². The third-order valence-corrected chi connectivity index (χ3v) is 5.12. The number of morpholine rings is 1. The molecular formula is C23H25FN4O2. The Kier molecular flexibility index (Phi) is 6.51. The summed E-state index contributed by atoms with van der Waals surface area (Å²) in [5.74, 6) is -0.485. The van der Waals surface area contributed by atoms with E-state index in [0.29, 0.717) is 17.9 Å². The number of benzene rings is 2. The number of hydrogen-bond acceptors (Lipinski definition) is 4. The predicted molar refractivity (Wildman–Crippen MR) is 113 cm³/mol. The molecule has 2 heterocycles. The van der Waals surface area contributed by atoms with Gasteiger partial charge in [0, 0.05) is 25.2 Å². The molecule has 0 atom stereocenters. The number of amides is 1. The maximum absolute atomic E-state index is 13.3. The van der Waals surface area contributed by atoms with Crippen molar-refractivity contribution in [2.24, 2.45) is 0 Å². The molecular weight excluding hydrogens is 383 g/mol. The van der Waals surface area contributed by atoms with Gasteiger partial charge in [-0.25, -0.2) is 9.07 Å². The molecule has 0 aliphatic carbocycles. The molecule has 156 valence electrons. The first-order valence-corrected chi connectivity index (χ1v) is 10.2. The number of carbonyl (C=O) groups excluding carboxylic acids is 1. The van der Waals surface area contributed by atoms with Gasteiger partial charge in [0.1, 0.15) is 11.5 Å². The van der Waals surface area contributed by atoms with E-state index in [1.165, 1.54) is 12.1 Å². The van der Waals surface area contributed by atoms with Gasteiger partial charge in [-0.1, -0.05) is 18.2 Å². The second kappa shape index (κ2) is 9.65. The van der Waals surface area contributed by atoms with Crippen LogP contribution in [0.5, 0.6) is 0 Å². The molecule has 4 rings (SSSR count). The lowest BCUT2D eigenvalue weighted by Gasteiger charge is -2.26. The predicted octanol–water partition coefficient (Wildman–Crippen LogP) is 3.13. The highest BCUT2D eigenvalue weighted by Gasteiger charge is 2.18. The van der Waals surface area contributed by atoms with Crippen LogP contribution in [0.25, 0.3) is 16.9 Å². The molecule has 1 aliphatic rings. The number of carbonyl (C=O) groups is 1. The van der Waals surface area contributed by atoms with Crippen molar-refractivity contribution in [1.29, 1.82) is 0 Å². The Labute approximate surface area is 175 Å². The van der Waals surface area contributed by atoms with E-state index in [0.717, 1.165) is 50.5 Å². The van der Waals surface area contributed by atoms with Gasteiger partial charge in [-0.2, -0.15) is 5.10 Å². The van der Waals surface area contributed by atoms with E-state index < -0.39 is 0 Å². The monoisotopic (exact) mass is 408 g/mol. The molecule has 1 aromatic heterocycles. The van der Waals surface area contributed by atoms with Crippen molar-refractivity contribution < 1.29 is 13.9 Å². The zero-order valence-corrected chi connectivity index (χ0v) is 16.8. The second-order valence-electron chi connectivity index (χ2n) is 7.23. The molecule has 0 spiro atoms. The number of ether oxygens (including phenoxy) is 1. The third-order valence-electron chi connectivity index (χ3n) is 5.12. The van der Waals surface area contributed by atoms with Gasteiger partial charge in [0.25, 0.3) is 5.91 Å². The Balaban J connectivity index is 1.48. The van der Waals surface area contributed by atoms with Crippen molar-refractivity contribution in [3.05, 3.63) is 72.2 Å². The van der Waals surface area contributed by atoms with Crippen LogP contribution < -0.4 is 5.32 Å². The molecule has 30 heavy (non-hydrogen) atoms. The van der Waals surface area contributed by atoms with E-state index >= 15 is 0 Å². The number of rotatable bonds is 7. The summed E-state index contributed by atoms with van der Waals surface area (Å²) in [7, 11) is 0. The summed E-state index contributed by atoms with van der Waals surface area (Å²) in [6, 6.07) is 17.4. The largest absolute Gasteiger partial charge is 0.379 e. The lowest BCUT2D eigenvalue weighted by molar-refractivity contribution is 0.0374. The average Bonchev–Trinajstić information content (AvgIpc) is 3.24. The van der Waals surface area contributed by atoms with Crippen LogP contribution in [0, 0.1) is 5.82 Å². The summed E-state index contributed by atoms with van der Waals surface area (Å²) in [6.07, 6.45) is 0.871. The molecule has 0 radical (unpaired) electrons. The smallest absolute Gasteiger partial charge is 0.270 e. The van der Waals surface area contributed by atoms with Gasteiger partial charge in [-0.05, 0) is 55.4 Å². The van der Waals surface area contributed by atoms with Crippen LogP contribution in [0.15, 0.2) is 60.7 Å². The summed E-state index contributed by atoms with van der Waals surface area (Å²) in [4.78, 5) is 15.3. The molecule has 0 saturated carbocycles. The summed E-state index contributed by atoms with van der Waals surface area (Å²) < 4.78 is 20.3. The summed E-state index contributed by atoms with van der Waals surface area (Å²) >= 11 is 0. The van der Waals surface area contributed by atoms with Crippen LogP contribution in [0.1, 0.15) is 16.9 Å². The standard InChI is InChI=1S/C23H25FN4O2/c24-19-9-7-18(8-10-19)21-17-22(28(26-21)20-5-2-1-3-6-20)23(29)25-11-4-12-27-13-15-30-16-14-27/h1-3,5-10,17H,4,11-16H2,(H,25,29). The van der Waals surface area contributed by atoms with Crippen molar-refractivity contribution in [2.75, 3.05) is 39.4 Å². The number of nitrogens with one attached hydrogen (secondary N) is 1. The van der Waals surface area contributed by atoms with Gasteiger partial charge >= 0.3 is 0 Å². The summed E-state index contributed by atoms with van der Waals surface area (Å²) in [5, 5.41) is 7.62. The van der Waals surface area contributed by atoms with Crippen molar-refractivity contribution in [3.63, 3.8) is 0 Å². The maximum Gasteiger partial charge on any atom is 0.270 e. The van der Waals surface area contributed by atoms with E-state index in [1.807, 2.05) is 30.3 Å². The Morgan fingerprint density at radius 3 is 2.53 bits per heavy atom. The highest BCUT2D eigenvalue weighted by atomic mass is 19.1. The quantitative estimate of drug-likeness (QED) is 0.611. The molecule has 1 fully saturated rings. The molecule has 0 bridgehead atoms. The van der Waals surface area contributed by atoms with Crippen molar-refractivity contribution in [3.8, 4) is 16.9 Å². The molecule has 1 amide bonds. The van der Waals surface area contributed by atoms with E-state index in [1.54, 1.807) is 22.9 Å². The first-order chi connectivity index (χ1) is 14.7. The SMILES string of the molecule is O=C(NCCCN1CCOCC1)c1cc(-c2ccc(F)cc2)nn1-c1ccccc1. The molecule has 0 unspecified atom stereocenters. The Hall–Kier alpha value is -3.03. The topological polar surface area (TPSA) is 59.4 Å². The molecule has 1 saturated heterocycles. The summed E-state index contributed by atoms with van der Waals surface area (Å²) in [6.45, 7) is 4.94. The zero-order chi connectivity index (χ0) is 20.8. The minimum Gasteiger partial charge on any atom is -0.379 e. The fourth-order valence-corrected chi connectivity index (χ4v) is 3.49. The van der Waals surface area contributed by atoms with Gasteiger partial charge in [-0.15, -0.1) is 0 Å². The molecule has 2 aromatic carbocycles. The molecule has 7 heteroatoms. The maximum atomic E-state index is 13.3. The highest BCUT2D eigenvalue weighted by molar-refractivity contribution is 5.94. The van der Waals surface area contributed by atoms with Gasteiger partial charge in [0.15, 0.2) is 0 Å².